The molecule has 0 spiro atoms. The maximum absolute atomic E-state index is 11.1. The lowest BCUT2D eigenvalue weighted by Gasteiger charge is -1.99. The topological polar surface area (TPSA) is 104 Å². The average molecular weight is 221 g/mol. The van der Waals surface area contributed by atoms with Crippen LogP contribution in [0.2, 0.25) is 0 Å². The predicted octanol–water partition coefficient (Wildman–Crippen LogP) is -0.191. The molecule has 0 aliphatic heterocycles. The molecular weight excluding hydrogens is 210 g/mol. The van der Waals surface area contributed by atoms with Gasteiger partial charge in [0.25, 0.3) is 11.8 Å². The molecule has 0 unspecified atom stereocenters. The third-order valence-electron chi connectivity index (χ3n) is 1.84. The minimum Gasteiger partial charge on any atom is -0.290 e. The summed E-state index contributed by atoms with van der Waals surface area (Å²) in [6, 6.07) is 6.43. The number of hydrogen-bond acceptors (Lipinski definition) is 4. The van der Waals surface area contributed by atoms with E-state index in [1.165, 1.54) is 11.6 Å². The number of rotatable bonds is 3. The van der Waals surface area contributed by atoms with Crippen molar-refractivity contribution in [3.8, 4) is 0 Å². The molecule has 0 saturated heterocycles. The quantitative estimate of drug-likeness (QED) is 0.187. The van der Waals surface area contributed by atoms with Gasteiger partial charge in [-0.05, 0) is 23.8 Å². The van der Waals surface area contributed by atoms with E-state index in [0.29, 0.717) is 5.56 Å². The van der Waals surface area contributed by atoms with Gasteiger partial charge in [0.1, 0.15) is 0 Å². The van der Waals surface area contributed by atoms with Crippen LogP contribution in [0.4, 0.5) is 0 Å². The molecule has 0 aromatic heterocycles. The molecule has 0 aliphatic rings. The summed E-state index contributed by atoms with van der Waals surface area (Å²) >= 11 is 0. The van der Waals surface area contributed by atoms with Crippen LogP contribution in [-0.2, 0) is 4.79 Å². The van der Waals surface area contributed by atoms with Crippen LogP contribution in [0.25, 0.3) is 6.08 Å². The minimum atomic E-state index is -0.622. The SMILES string of the molecule is NNC(=O)c1ccc(C=CC(=O)NO)cc1. The van der Waals surface area contributed by atoms with Crippen LogP contribution in [0.15, 0.2) is 30.3 Å². The lowest BCUT2D eigenvalue weighted by atomic mass is 10.1. The number of hydrogen-bond donors (Lipinski definition) is 4. The summed E-state index contributed by atoms with van der Waals surface area (Å²) in [4.78, 5) is 21.8. The number of carbonyl (C=O) groups excluding carboxylic acids is 2. The molecule has 1 aromatic rings. The molecule has 6 nitrogen and oxygen atoms in total. The molecule has 1 rings (SSSR count). The van der Waals surface area contributed by atoms with Gasteiger partial charge >= 0.3 is 0 Å². The van der Waals surface area contributed by atoms with Crippen molar-refractivity contribution < 1.29 is 14.8 Å². The summed E-state index contributed by atoms with van der Waals surface area (Å²) in [6.07, 6.45) is 2.66. The van der Waals surface area contributed by atoms with E-state index in [2.05, 4.69) is 0 Å². The van der Waals surface area contributed by atoms with Crippen LogP contribution < -0.4 is 16.7 Å². The van der Waals surface area contributed by atoms with Crippen molar-refractivity contribution in [2.75, 3.05) is 0 Å². The van der Waals surface area contributed by atoms with Gasteiger partial charge in [-0.15, -0.1) is 0 Å². The molecule has 0 aliphatic carbocycles. The lowest BCUT2D eigenvalue weighted by molar-refractivity contribution is -0.124. The van der Waals surface area contributed by atoms with Gasteiger partial charge in [-0.25, -0.2) is 11.3 Å². The van der Waals surface area contributed by atoms with E-state index >= 15 is 0 Å². The van der Waals surface area contributed by atoms with Crippen LogP contribution in [0.1, 0.15) is 15.9 Å². The maximum Gasteiger partial charge on any atom is 0.267 e. The summed E-state index contributed by atoms with van der Waals surface area (Å²) in [5.74, 6) is 3.96. The molecule has 2 amide bonds. The second-order valence-electron chi connectivity index (χ2n) is 2.90. The molecule has 84 valence electrons. The Kier molecular flexibility index (Phi) is 4.19. The molecule has 0 atom stereocenters. The first-order valence-corrected chi connectivity index (χ1v) is 4.40. The third kappa shape index (κ3) is 3.19. The highest BCUT2D eigenvalue weighted by Gasteiger charge is 2.01. The minimum absolute atomic E-state index is 0.386. The molecule has 16 heavy (non-hydrogen) atoms. The van der Waals surface area contributed by atoms with E-state index in [4.69, 9.17) is 11.0 Å². The zero-order chi connectivity index (χ0) is 12.0. The van der Waals surface area contributed by atoms with Crippen molar-refractivity contribution in [2.24, 2.45) is 5.84 Å². The summed E-state index contributed by atoms with van der Waals surface area (Å²) in [5, 5.41) is 8.24. The van der Waals surface area contributed by atoms with E-state index in [1.807, 2.05) is 5.43 Å². The molecule has 0 bridgehead atoms. The number of nitrogens with two attached hydrogens (primary N) is 1. The highest BCUT2D eigenvalue weighted by Crippen LogP contribution is 2.05. The summed E-state index contributed by atoms with van der Waals surface area (Å²) in [5.41, 5.74) is 4.62. The normalized spacial score (nSPS) is 10.1. The van der Waals surface area contributed by atoms with Crippen molar-refractivity contribution >= 4 is 17.9 Å². The van der Waals surface area contributed by atoms with E-state index in [1.54, 1.807) is 24.3 Å². The van der Waals surface area contributed by atoms with E-state index < -0.39 is 5.91 Å². The monoisotopic (exact) mass is 221 g/mol. The maximum atomic E-state index is 11.1. The number of nitrogen functional groups attached to an aromatic ring is 1. The zero-order valence-corrected chi connectivity index (χ0v) is 8.31. The van der Waals surface area contributed by atoms with Crippen LogP contribution in [-0.4, -0.2) is 17.0 Å². The fraction of sp³-hybridized carbons (Fsp3) is 0. The van der Waals surface area contributed by atoms with Crippen LogP contribution in [0.3, 0.4) is 0 Å². The number of hydroxylamine groups is 1. The van der Waals surface area contributed by atoms with Crippen LogP contribution in [0.5, 0.6) is 0 Å². The molecule has 0 radical (unpaired) electrons. The molecule has 0 saturated carbocycles. The largest absolute Gasteiger partial charge is 0.290 e. The smallest absolute Gasteiger partial charge is 0.267 e. The first-order valence-electron chi connectivity index (χ1n) is 4.40. The zero-order valence-electron chi connectivity index (χ0n) is 8.31. The Morgan fingerprint density at radius 3 is 2.38 bits per heavy atom. The van der Waals surface area contributed by atoms with Gasteiger partial charge in [0.2, 0.25) is 0 Å². The van der Waals surface area contributed by atoms with Gasteiger partial charge in [-0.1, -0.05) is 12.1 Å². The van der Waals surface area contributed by atoms with Gasteiger partial charge < -0.3 is 0 Å². The second kappa shape index (κ2) is 5.64. The Balaban J connectivity index is 2.75. The first-order chi connectivity index (χ1) is 7.67. The Morgan fingerprint density at radius 1 is 1.25 bits per heavy atom. The molecule has 6 heteroatoms. The van der Waals surface area contributed by atoms with Crippen molar-refractivity contribution in [2.45, 2.75) is 0 Å². The van der Waals surface area contributed by atoms with Crippen LogP contribution in [0, 0.1) is 0 Å². The predicted molar refractivity (Wildman–Crippen MR) is 57.1 cm³/mol. The van der Waals surface area contributed by atoms with E-state index in [9.17, 15) is 9.59 Å². The first kappa shape index (κ1) is 11.9. The van der Waals surface area contributed by atoms with E-state index in [0.717, 1.165) is 11.6 Å². The summed E-state index contributed by atoms with van der Waals surface area (Å²) < 4.78 is 0. The average Bonchev–Trinajstić information content (AvgIpc) is 2.35. The Bertz CT molecular complexity index is 412. The number of nitrogens with one attached hydrogen (secondary N) is 2. The Morgan fingerprint density at radius 2 is 1.88 bits per heavy atom. The molecular formula is C10H11N3O3. The Labute approximate surface area is 91.7 Å². The molecule has 0 heterocycles. The van der Waals surface area contributed by atoms with Gasteiger partial charge in [0.15, 0.2) is 0 Å². The van der Waals surface area contributed by atoms with Gasteiger partial charge in [-0.3, -0.25) is 20.2 Å². The van der Waals surface area contributed by atoms with Crippen LogP contribution >= 0.6 is 0 Å². The molecule has 1 aromatic carbocycles. The number of carbonyl (C=O) groups is 2. The summed E-state index contributed by atoms with van der Waals surface area (Å²) in [7, 11) is 0. The number of hydrazine groups is 1. The second-order valence-corrected chi connectivity index (χ2v) is 2.90. The summed E-state index contributed by atoms with van der Waals surface area (Å²) in [6.45, 7) is 0. The highest BCUT2D eigenvalue weighted by atomic mass is 16.5. The number of amides is 2. The van der Waals surface area contributed by atoms with Crippen molar-refractivity contribution in [3.05, 3.63) is 41.5 Å². The standard InChI is InChI=1S/C10H11N3O3/c11-12-10(15)8-4-1-7(2-5-8)3-6-9(14)13-16/h1-6,16H,11H2,(H,12,15)(H,13,14). The lowest BCUT2D eigenvalue weighted by Crippen LogP contribution is -2.29. The highest BCUT2D eigenvalue weighted by molar-refractivity contribution is 5.94. The van der Waals surface area contributed by atoms with E-state index in [-0.39, 0.29) is 5.91 Å². The Hall–Kier alpha value is -2.18. The van der Waals surface area contributed by atoms with Gasteiger partial charge in [0, 0.05) is 11.6 Å². The van der Waals surface area contributed by atoms with Gasteiger partial charge in [-0.2, -0.15) is 0 Å². The number of benzene rings is 1. The molecule has 5 N–H and O–H groups in total. The van der Waals surface area contributed by atoms with Crippen molar-refractivity contribution in [1.82, 2.24) is 10.9 Å². The molecule has 0 fully saturated rings. The fourth-order valence-electron chi connectivity index (χ4n) is 1.04. The van der Waals surface area contributed by atoms with Crippen molar-refractivity contribution in [1.29, 1.82) is 0 Å². The third-order valence-corrected chi connectivity index (χ3v) is 1.84. The van der Waals surface area contributed by atoms with Crippen molar-refractivity contribution in [3.63, 3.8) is 0 Å². The van der Waals surface area contributed by atoms with Gasteiger partial charge in [0.05, 0.1) is 0 Å². The fourth-order valence-corrected chi connectivity index (χ4v) is 1.04.